The summed E-state index contributed by atoms with van der Waals surface area (Å²) in [6, 6.07) is 14.1. The summed E-state index contributed by atoms with van der Waals surface area (Å²) < 4.78 is 10.8. The first-order chi connectivity index (χ1) is 14.2. The van der Waals surface area contributed by atoms with Crippen molar-refractivity contribution in [3.63, 3.8) is 0 Å². The van der Waals surface area contributed by atoms with Gasteiger partial charge in [-0.25, -0.2) is 0 Å². The Bertz CT molecular complexity index is 841. The van der Waals surface area contributed by atoms with E-state index in [9.17, 15) is 4.79 Å². The zero-order chi connectivity index (χ0) is 20.2. The van der Waals surface area contributed by atoms with Crippen molar-refractivity contribution in [2.24, 2.45) is 0 Å². The lowest BCUT2D eigenvalue weighted by Crippen LogP contribution is -2.48. The molecule has 1 amide bonds. The summed E-state index contributed by atoms with van der Waals surface area (Å²) in [5.74, 6) is 1.76. The maximum atomic E-state index is 12.9. The van der Waals surface area contributed by atoms with Gasteiger partial charge in [-0.2, -0.15) is 0 Å². The van der Waals surface area contributed by atoms with Crippen LogP contribution in [-0.4, -0.2) is 61.8 Å². The summed E-state index contributed by atoms with van der Waals surface area (Å²) in [5.41, 5.74) is 3.14. The summed E-state index contributed by atoms with van der Waals surface area (Å²) in [5, 5.41) is 0. The van der Waals surface area contributed by atoms with E-state index in [0.717, 1.165) is 62.9 Å². The van der Waals surface area contributed by atoms with Gasteiger partial charge in [0.2, 0.25) is 6.79 Å². The average Bonchev–Trinajstić information content (AvgIpc) is 3.23. The number of nitrogens with zero attached hydrogens (tertiary/aromatic N) is 3. The highest BCUT2D eigenvalue weighted by molar-refractivity contribution is 5.94. The predicted molar refractivity (Wildman–Crippen MR) is 114 cm³/mol. The summed E-state index contributed by atoms with van der Waals surface area (Å²) in [7, 11) is 0. The van der Waals surface area contributed by atoms with Crippen molar-refractivity contribution in [2.45, 2.75) is 20.4 Å². The lowest BCUT2D eigenvalue weighted by atomic mass is 10.1. The molecule has 0 radical (unpaired) electrons. The molecular formula is C23H29N3O3. The van der Waals surface area contributed by atoms with Crippen LogP contribution in [0.4, 0.5) is 5.69 Å². The Morgan fingerprint density at radius 2 is 1.62 bits per heavy atom. The van der Waals surface area contributed by atoms with Crippen LogP contribution in [0.15, 0.2) is 42.5 Å². The van der Waals surface area contributed by atoms with Crippen molar-refractivity contribution in [3.8, 4) is 11.5 Å². The highest BCUT2D eigenvalue weighted by atomic mass is 16.7. The first kappa shape index (κ1) is 19.6. The largest absolute Gasteiger partial charge is 0.454 e. The number of carbonyl (C=O) groups is 1. The number of piperazine rings is 1. The number of amides is 1. The number of anilines is 1. The number of hydrogen-bond donors (Lipinski definition) is 0. The van der Waals surface area contributed by atoms with Gasteiger partial charge in [0.25, 0.3) is 5.91 Å². The molecule has 154 valence electrons. The molecule has 2 aromatic rings. The topological polar surface area (TPSA) is 45.3 Å². The molecule has 1 fully saturated rings. The Morgan fingerprint density at radius 1 is 0.931 bits per heavy atom. The molecular weight excluding hydrogens is 366 g/mol. The van der Waals surface area contributed by atoms with Gasteiger partial charge in [0.15, 0.2) is 11.5 Å². The fourth-order valence-electron chi connectivity index (χ4n) is 3.99. The van der Waals surface area contributed by atoms with Gasteiger partial charge in [0, 0.05) is 57.1 Å². The third-order valence-electron chi connectivity index (χ3n) is 5.75. The van der Waals surface area contributed by atoms with Crippen LogP contribution in [0.2, 0.25) is 0 Å². The van der Waals surface area contributed by atoms with E-state index in [4.69, 9.17) is 9.47 Å². The standard InChI is InChI=1S/C23H29N3O3/c1-3-25(4-2)20-8-6-19(7-9-20)23(27)26-13-11-24(12-14-26)16-18-5-10-21-22(15-18)29-17-28-21/h5-10,15H,3-4,11-14,16-17H2,1-2H3. The summed E-state index contributed by atoms with van der Waals surface area (Å²) in [4.78, 5) is 19.5. The Hall–Kier alpha value is -2.73. The molecule has 29 heavy (non-hydrogen) atoms. The van der Waals surface area contributed by atoms with Crippen molar-refractivity contribution in [2.75, 3.05) is 51.0 Å². The van der Waals surface area contributed by atoms with Crippen LogP contribution < -0.4 is 14.4 Å². The molecule has 0 saturated carbocycles. The van der Waals surface area contributed by atoms with Gasteiger partial charge in [-0.05, 0) is 55.8 Å². The predicted octanol–water partition coefficient (Wildman–Crippen LogP) is 3.22. The molecule has 0 N–H and O–H groups in total. The molecule has 2 aliphatic rings. The minimum atomic E-state index is 0.124. The molecule has 1 saturated heterocycles. The van der Waals surface area contributed by atoms with Crippen LogP contribution >= 0.6 is 0 Å². The lowest BCUT2D eigenvalue weighted by Gasteiger charge is -2.35. The van der Waals surface area contributed by atoms with Crippen LogP contribution in [0.25, 0.3) is 0 Å². The van der Waals surface area contributed by atoms with Gasteiger partial charge < -0.3 is 19.3 Å². The molecule has 2 aliphatic heterocycles. The SMILES string of the molecule is CCN(CC)c1ccc(C(=O)N2CCN(Cc3ccc4c(c3)OCO4)CC2)cc1. The van der Waals surface area contributed by atoms with Crippen molar-refractivity contribution >= 4 is 11.6 Å². The maximum absolute atomic E-state index is 12.9. The van der Waals surface area contributed by atoms with E-state index >= 15 is 0 Å². The van der Waals surface area contributed by atoms with Gasteiger partial charge in [-0.15, -0.1) is 0 Å². The Balaban J connectivity index is 1.31. The van der Waals surface area contributed by atoms with Crippen LogP contribution in [0, 0.1) is 0 Å². The van der Waals surface area contributed by atoms with Crippen LogP contribution in [0.1, 0.15) is 29.8 Å². The molecule has 6 heteroatoms. The molecule has 0 bridgehead atoms. The van der Waals surface area contributed by atoms with E-state index in [0.29, 0.717) is 6.79 Å². The smallest absolute Gasteiger partial charge is 0.253 e. The lowest BCUT2D eigenvalue weighted by molar-refractivity contribution is 0.0628. The first-order valence-corrected chi connectivity index (χ1v) is 10.4. The quantitative estimate of drug-likeness (QED) is 0.752. The second kappa shape index (κ2) is 8.74. The highest BCUT2D eigenvalue weighted by Crippen LogP contribution is 2.32. The molecule has 4 rings (SSSR count). The van der Waals surface area contributed by atoms with E-state index in [1.807, 2.05) is 23.1 Å². The van der Waals surface area contributed by atoms with Gasteiger partial charge in [0.1, 0.15) is 0 Å². The van der Waals surface area contributed by atoms with Crippen LogP contribution in [0.5, 0.6) is 11.5 Å². The van der Waals surface area contributed by atoms with Crippen molar-refractivity contribution < 1.29 is 14.3 Å². The minimum Gasteiger partial charge on any atom is -0.454 e. The number of benzene rings is 2. The maximum Gasteiger partial charge on any atom is 0.253 e. The van der Waals surface area contributed by atoms with Gasteiger partial charge in [-0.1, -0.05) is 6.07 Å². The number of fused-ring (bicyclic) bond motifs is 1. The Kier molecular flexibility index (Phi) is 5.90. The summed E-state index contributed by atoms with van der Waals surface area (Å²) >= 11 is 0. The van der Waals surface area contributed by atoms with E-state index < -0.39 is 0 Å². The summed E-state index contributed by atoms with van der Waals surface area (Å²) in [6.07, 6.45) is 0. The molecule has 0 aromatic heterocycles. The fourth-order valence-corrected chi connectivity index (χ4v) is 3.99. The summed E-state index contributed by atoms with van der Waals surface area (Å²) in [6.45, 7) is 10.6. The normalized spacial score (nSPS) is 16.1. The zero-order valence-corrected chi connectivity index (χ0v) is 17.3. The van der Waals surface area contributed by atoms with E-state index in [1.54, 1.807) is 0 Å². The van der Waals surface area contributed by atoms with Crippen molar-refractivity contribution in [1.29, 1.82) is 0 Å². The molecule has 2 heterocycles. The van der Waals surface area contributed by atoms with Crippen LogP contribution in [0.3, 0.4) is 0 Å². The highest BCUT2D eigenvalue weighted by Gasteiger charge is 2.23. The minimum absolute atomic E-state index is 0.124. The number of ether oxygens (including phenoxy) is 2. The van der Waals surface area contributed by atoms with E-state index in [2.05, 4.69) is 47.9 Å². The van der Waals surface area contributed by atoms with Crippen LogP contribution in [-0.2, 0) is 6.54 Å². The van der Waals surface area contributed by atoms with Gasteiger partial charge in [-0.3, -0.25) is 9.69 Å². The Morgan fingerprint density at radius 3 is 2.31 bits per heavy atom. The zero-order valence-electron chi connectivity index (χ0n) is 17.3. The molecule has 6 nitrogen and oxygen atoms in total. The number of carbonyl (C=O) groups excluding carboxylic acids is 1. The molecule has 2 aromatic carbocycles. The van der Waals surface area contributed by atoms with Crippen molar-refractivity contribution in [1.82, 2.24) is 9.80 Å². The fraction of sp³-hybridized carbons (Fsp3) is 0.435. The second-order valence-electron chi connectivity index (χ2n) is 7.48. The number of rotatable bonds is 6. The number of hydrogen-bond acceptors (Lipinski definition) is 5. The van der Waals surface area contributed by atoms with E-state index in [-0.39, 0.29) is 5.91 Å². The third kappa shape index (κ3) is 4.32. The second-order valence-corrected chi connectivity index (χ2v) is 7.48. The third-order valence-corrected chi connectivity index (χ3v) is 5.75. The average molecular weight is 396 g/mol. The molecule has 0 atom stereocenters. The monoisotopic (exact) mass is 395 g/mol. The van der Waals surface area contributed by atoms with Gasteiger partial charge >= 0.3 is 0 Å². The first-order valence-electron chi connectivity index (χ1n) is 10.4. The molecule has 0 unspecified atom stereocenters. The van der Waals surface area contributed by atoms with Crippen molar-refractivity contribution in [3.05, 3.63) is 53.6 Å². The van der Waals surface area contributed by atoms with E-state index in [1.165, 1.54) is 11.3 Å². The molecule has 0 aliphatic carbocycles. The van der Waals surface area contributed by atoms with Gasteiger partial charge in [0.05, 0.1) is 0 Å². The molecule has 0 spiro atoms. The Labute approximate surface area is 172 Å².